The number of benzene rings is 1. The molecule has 1 aromatic heterocycles. The Morgan fingerprint density at radius 1 is 1.38 bits per heavy atom. The fourth-order valence-corrected chi connectivity index (χ4v) is 1.35. The van der Waals surface area contributed by atoms with Gasteiger partial charge in [0.05, 0.1) is 0 Å². The summed E-state index contributed by atoms with van der Waals surface area (Å²) in [6, 6.07) is 7.84. The lowest BCUT2D eigenvalue weighted by atomic mass is 10.2. The molecule has 2 aromatic rings. The van der Waals surface area contributed by atoms with E-state index in [0.717, 1.165) is 10.9 Å². The van der Waals surface area contributed by atoms with Crippen LogP contribution in [0.4, 0.5) is 5.82 Å². The molecule has 13 heavy (non-hydrogen) atoms. The fourth-order valence-electron chi connectivity index (χ4n) is 1.35. The van der Waals surface area contributed by atoms with Crippen molar-refractivity contribution >= 4 is 22.8 Å². The molecular formula is C10H8N2O. The van der Waals surface area contributed by atoms with E-state index in [1.54, 1.807) is 0 Å². The molecule has 3 heteroatoms. The first-order valence-electron chi connectivity index (χ1n) is 3.97. The molecular weight excluding hydrogens is 164 g/mol. The number of H-pyrrole nitrogens is 1. The number of carbonyl (C=O) groups excluding carboxylic acids is 1. The Bertz CT molecular complexity index is 493. The topological polar surface area (TPSA) is 45.2 Å². The van der Waals surface area contributed by atoms with Crippen LogP contribution in [0.15, 0.2) is 29.3 Å². The van der Waals surface area contributed by atoms with Gasteiger partial charge in [-0.1, -0.05) is 11.6 Å². The molecule has 0 spiro atoms. The van der Waals surface area contributed by atoms with E-state index >= 15 is 0 Å². The molecule has 0 aliphatic heterocycles. The zero-order valence-corrected chi connectivity index (χ0v) is 7.16. The molecule has 0 unspecified atom stereocenters. The van der Waals surface area contributed by atoms with Gasteiger partial charge in [0, 0.05) is 10.9 Å². The number of isocyanates is 1. The van der Waals surface area contributed by atoms with Crippen LogP contribution in [-0.2, 0) is 4.79 Å². The number of nitrogens with zero attached hydrogens (tertiary/aromatic N) is 1. The molecule has 0 radical (unpaired) electrons. The van der Waals surface area contributed by atoms with E-state index < -0.39 is 0 Å². The highest BCUT2D eigenvalue weighted by molar-refractivity contribution is 5.84. The Balaban J connectivity index is 2.68. The average Bonchev–Trinajstić information content (AvgIpc) is 2.46. The first kappa shape index (κ1) is 7.77. The summed E-state index contributed by atoms with van der Waals surface area (Å²) in [6.07, 6.45) is 1.50. The highest BCUT2D eigenvalue weighted by Gasteiger charge is 1.98. The van der Waals surface area contributed by atoms with Gasteiger partial charge < -0.3 is 4.98 Å². The number of rotatable bonds is 1. The van der Waals surface area contributed by atoms with Gasteiger partial charge in [-0.3, -0.25) is 0 Å². The van der Waals surface area contributed by atoms with E-state index in [0.29, 0.717) is 5.82 Å². The normalized spacial score (nSPS) is 9.92. The van der Waals surface area contributed by atoms with E-state index in [1.807, 2.05) is 31.2 Å². The smallest absolute Gasteiger partial charge is 0.242 e. The molecule has 2 rings (SSSR count). The molecule has 0 atom stereocenters. The van der Waals surface area contributed by atoms with Gasteiger partial charge in [0.15, 0.2) is 0 Å². The van der Waals surface area contributed by atoms with E-state index in [1.165, 1.54) is 11.6 Å². The summed E-state index contributed by atoms with van der Waals surface area (Å²) >= 11 is 0. The molecule has 1 N–H and O–H groups in total. The van der Waals surface area contributed by atoms with Crippen molar-refractivity contribution in [3.63, 3.8) is 0 Å². The largest absolute Gasteiger partial charge is 0.339 e. The lowest BCUT2D eigenvalue weighted by Gasteiger charge is -1.90. The molecule has 3 nitrogen and oxygen atoms in total. The van der Waals surface area contributed by atoms with Crippen molar-refractivity contribution in [1.82, 2.24) is 4.98 Å². The summed E-state index contributed by atoms with van der Waals surface area (Å²) in [5.74, 6) is 0.551. The van der Waals surface area contributed by atoms with Crippen LogP contribution < -0.4 is 0 Å². The maximum atomic E-state index is 10.0. The Hall–Kier alpha value is -1.86. The van der Waals surface area contributed by atoms with E-state index in [4.69, 9.17) is 0 Å². The number of aliphatic imine (C=N–C) groups is 1. The van der Waals surface area contributed by atoms with Crippen LogP contribution in [0.25, 0.3) is 10.9 Å². The van der Waals surface area contributed by atoms with Crippen molar-refractivity contribution in [3.05, 3.63) is 29.8 Å². The SMILES string of the molecule is Cc1ccc2[nH]c(N=C=O)cc2c1. The van der Waals surface area contributed by atoms with Gasteiger partial charge in [0.2, 0.25) is 6.08 Å². The Morgan fingerprint density at radius 2 is 2.23 bits per heavy atom. The van der Waals surface area contributed by atoms with Crippen molar-refractivity contribution in [2.24, 2.45) is 4.99 Å². The molecule has 64 valence electrons. The summed E-state index contributed by atoms with van der Waals surface area (Å²) in [4.78, 5) is 16.5. The van der Waals surface area contributed by atoms with Gasteiger partial charge in [-0.05, 0) is 25.1 Å². The quantitative estimate of drug-likeness (QED) is 0.521. The standard InChI is InChI=1S/C10H8N2O/c1-7-2-3-9-8(4-7)5-10(12-9)11-6-13/h2-5,12H,1H3. The highest BCUT2D eigenvalue weighted by Crippen LogP contribution is 2.21. The molecule has 0 saturated heterocycles. The van der Waals surface area contributed by atoms with Crippen LogP contribution in [0.5, 0.6) is 0 Å². The maximum absolute atomic E-state index is 10.0. The van der Waals surface area contributed by atoms with Gasteiger partial charge in [-0.2, -0.15) is 0 Å². The van der Waals surface area contributed by atoms with Crippen LogP contribution in [0.1, 0.15) is 5.56 Å². The number of hydrogen-bond donors (Lipinski definition) is 1. The zero-order chi connectivity index (χ0) is 9.26. The third kappa shape index (κ3) is 1.37. The molecule has 0 fully saturated rings. The second-order valence-corrected chi connectivity index (χ2v) is 2.95. The lowest BCUT2D eigenvalue weighted by Crippen LogP contribution is -1.70. The lowest BCUT2D eigenvalue weighted by molar-refractivity contribution is 0.565. The third-order valence-electron chi connectivity index (χ3n) is 1.93. The monoisotopic (exact) mass is 172 g/mol. The number of nitrogens with one attached hydrogen (secondary N) is 1. The number of aromatic amines is 1. The number of hydrogen-bond acceptors (Lipinski definition) is 2. The van der Waals surface area contributed by atoms with E-state index in [-0.39, 0.29) is 0 Å². The average molecular weight is 172 g/mol. The van der Waals surface area contributed by atoms with Gasteiger partial charge in [-0.15, -0.1) is 4.99 Å². The van der Waals surface area contributed by atoms with Crippen molar-refractivity contribution in [1.29, 1.82) is 0 Å². The molecule has 0 aliphatic carbocycles. The van der Waals surface area contributed by atoms with Crippen LogP contribution in [0.2, 0.25) is 0 Å². The first-order chi connectivity index (χ1) is 6.29. The third-order valence-corrected chi connectivity index (χ3v) is 1.93. The molecule has 0 amide bonds. The van der Waals surface area contributed by atoms with Crippen LogP contribution >= 0.6 is 0 Å². The van der Waals surface area contributed by atoms with Gasteiger partial charge in [0.25, 0.3) is 0 Å². The van der Waals surface area contributed by atoms with Crippen molar-refractivity contribution < 1.29 is 4.79 Å². The predicted molar refractivity (Wildman–Crippen MR) is 50.8 cm³/mol. The summed E-state index contributed by atoms with van der Waals surface area (Å²) in [5, 5.41) is 1.06. The summed E-state index contributed by atoms with van der Waals surface area (Å²) in [5.41, 5.74) is 2.17. The van der Waals surface area contributed by atoms with Crippen molar-refractivity contribution in [2.45, 2.75) is 6.92 Å². The zero-order valence-electron chi connectivity index (χ0n) is 7.16. The van der Waals surface area contributed by atoms with Crippen LogP contribution in [0, 0.1) is 6.92 Å². The van der Waals surface area contributed by atoms with Gasteiger partial charge in [0.1, 0.15) is 5.82 Å². The summed E-state index contributed by atoms with van der Waals surface area (Å²) in [6.45, 7) is 2.02. The maximum Gasteiger partial charge on any atom is 0.242 e. The fraction of sp³-hybridized carbons (Fsp3) is 0.100. The minimum atomic E-state index is 0.551. The second-order valence-electron chi connectivity index (χ2n) is 2.95. The minimum Gasteiger partial charge on any atom is -0.339 e. The van der Waals surface area contributed by atoms with Crippen molar-refractivity contribution in [3.8, 4) is 0 Å². The Labute approximate surface area is 75.1 Å². The highest BCUT2D eigenvalue weighted by atomic mass is 16.1. The Morgan fingerprint density at radius 3 is 3.00 bits per heavy atom. The Kier molecular flexibility index (Phi) is 1.72. The number of aromatic nitrogens is 1. The second kappa shape index (κ2) is 2.88. The molecule has 0 saturated carbocycles. The minimum absolute atomic E-state index is 0.551. The number of fused-ring (bicyclic) bond motifs is 1. The van der Waals surface area contributed by atoms with Gasteiger partial charge in [-0.25, -0.2) is 4.79 Å². The van der Waals surface area contributed by atoms with Crippen LogP contribution in [-0.4, -0.2) is 11.1 Å². The molecule has 1 aromatic carbocycles. The number of aryl methyl sites for hydroxylation is 1. The van der Waals surface area contributed by atoms with Gasteiger partial charge >= 0.3 is 0 Å². The molecule has 0 bridgehead atoms. The summed E-state index contributed by atoms with van der Waals surface area (Å²) < 4.78 is 0. The first-order valence-corrected chi connectivity index (χ1v) is 3.97. The molecule has 0 aliphatic rings. The van der Waals surface area contributed by atoms with E-state index in [9.17, 15) is 4.79 Å². The molecule has 1 heterocycles. The predicted octanol–water partition coefficient (Wildman–Crippen LogP) is 2.44. The summed E-state index contributed by atoms with van der Waals surface area (Å²) in [7, 11) is 0. The van der Waals surface area contributed by atoms with E-state index in [2.05, 4.69) is 9.98 Å². The van der Waals surface area contributed by atoms with Crippen LogP contribution in [0.3, 0.4) is 0 Å². The van der Waals surface area contributed by atoms with Crippen molar-refractivity contribution in [2.75, 3.05) is 0 Å².